The van der Waals surface area contributed by atoms with Gasteiger partial charge in [-0.3, -0.25) is 9.59 Å². The molecule has 0 heterocycles. The number of ketones is 1. The number of aliphatic imine (C=N–C) groups is 1. The fourth-order valence-electron chi connectivity index (χ4n) is 1.85. The number of carbonyl (C=O) groups excluding carboxylic acids is 2. The second-order valence-corrected chi connectivity index (χ2v) is 5.08. The molecule has 0 radical (unpaired) electrons. The monoisotopic (exact) mass is 287 g/mol. The summed E-state index contributed by atoms with van der Waals surface area (Å²) in [4.78, 5) is 27.5. The van der Waals surface area contributed by atoms with Crippen molar-refractivity contribution in [3.05, 3.63) is 58.1 Å². The SMILES string of the molecule is CC1=C(C)C(=NC(=O)Cc2ccc(Cl)cc2)C=CC1=O. The number of hydrogen-bond acceptors (Lipinski definition) is 2. The molecule has 0 N–H and O–H groups in total. The van der Waals surface area contributed by atoms with E-state index in [9.17, 15) is 9.59 Å². The van der Waals surface area contributed by atoms with Crippen molar-refractivity contribution in [2.24, 2.45) is 4.99 Å². The van der Waals surface area contributed by atoms with Gasteiger partial charge in [0.2, 0.25) is 0 Å². The highest BCUT2D eigenvalue weighted by Gasteiger charge is 2.15. The number of hydrogen-bond donors (Lipinski definition) is 0. The van der Waals surface area contributed by atoms with Gasteiger partial charge in [-0.05, 0) is 49.3 Å². The summed E-state index contributed by atoms with van der Waals surface area (Å²) < 4.78 is 0. The van der Waals surface area contributed by atoms with Gasteiger partial charge in [-0.1, -0.05) is 23.7 Å². The van der Waals surface area contributed by atoms with Crippen molar-refractivity contribution in [3.63, 3.8) is 0 Å². The van der Waals surface area contributed by atoms with E-state index in [1.807, 2.05) is 0 Å². The second-order valence-electron chi connectivity index (χ2n) is 4.64. The van der Waals surface area contributed by atoms with Crippen molar-refractivity contribution in [1.29, 1.82) is 0 Å². The summed E-state index contributed by atoms with van der Waals surface area (Å²) in [6, 6.07) is 7.08. The van der Waals surface area contributed by atoms with E-state index in [0.29, 0.717) is 16.3 Å². The third-order valence-corrected chi connectivity index (χ3v) is 3.47. The first kappa shape index (κ1) is 14.4. The third kappa shape index (κ3) is 3.31. The molecule has 0 aromatic heterocycles. The maximum atomic E-state index is 11.9. The molecule has 0 saturated heterocycles. The Hall–Kier alpha value is -2.00. The van der Waals surface area contributed by atoms with E-state index in [1.165, 1.54) is 6.08 Å². The van der Waals surface area contributed by atoms with Crippen LogP contribution in [-0.2, 0) is 16.0 Å². The van der Waals surface area contributed by atoms with Gasteiger partial charge < -0.3 is 0 Å². The maximum Gasteiger partial charge on any atom is 0.250 e. The van der Waals surface area contributed by atoms with E-state index in [2.05, 4.69) is 4.99 Å². The lowest BCUT2D eigenvalue weighted by Crippen LogP contribution is -2.13. The molecule has 3 nitrogen and oxygen atoms in total. The quantitative estimate of drug-likeness (QED) is 0.783. The van der Waals surface area contributed by atoms with Crippen LogP contribution in [0.15, 0.2) is 52.6 Å². The fraction of sp³-hybridized carbons (Fsp3) is 0.188. The molecule has 2 rings (SSSR count). The smallest absolute Gasteiger partial charge is 0.250 e. The Bertz CT molecular complexity index is 652. The van der Waals surface area contributed by atoms with Gasteiger partial charge in [0.25, 0.3) is 5.91 Å². The van der Waals surface area contributed by atoms with E-state index in [0.717, 1.165) is 11.1 Å². The van der Waals surface area contributed by atoms with Crippen molar-refractivity contribution in [2.75, 3.05) is 0 Å². The summed E-state index contributed by atoms with van der Waals surface area (Å²) in [5.41, 5.74) is 2.80. The van der Waals surface area contributed by atoms with Crippen molar-refractivity contribution in [3.8, 4) is 0 Å². The third-order valence-electron chi connectivity index (χ3n) is 3.22. The highest BCUT2D eigenvalue weighted by Crippen LogP contribution is 2.15. The van der Waals surface area contributed by atoms with E-state index < -0.39 is 0 Å². The Morgan fingerprint density at radius 1 is 1.10 bits per heavy atom. The summed E-state index contributed by atoms with van der Waals surface area (Å²) in [5.74, 6) is -0.278. The molecule has 1 amide bonds. The Kier molecular flexibility index (Phi) is 4.30. The summed E-state index contributed by atoms with van der Waals surface area (Å²) >= 11 is 5.79. The summed E-state index contributed by atoms with van der Waals surface area (Å²) in [6.45, 7) is 3.53. The van der Waals surface area contributed by atoms with E-state index >= 15 is 0 Å². The summed E-state index contributed by atoms with van der Waals surface area (Å²) in [7, 11) is 0. The minimum atomic E-state index is -0.242. The van der Waals surface area contributed by atoms with Crippen LogP contribution in [0.5, 0.6) is 0 Å². The van der Waals surface area contributed by atoms with Crippen LogP contribution in [0.25, 0.3) is 0 Å². The molecule has 0 bridgehead atoms. The average Bonchev–Trinajstić information content (AvgIpc) is 2.42. The first-order valence-electron chi connectivity index (χ1n) is 6.23. The highest BCUT2D eigenvalue weighted by atomic mass is 35.5. The molecular weight excluding hydrogens is 274 g/mol. The molecule has 0 atom stereocenters. The molecule has 0 spiro atoms. The number of halogens is 1. The van der Waals surface area contributed by atoms with Crippen LogP contribution in [0.1, 0.15) is 19.4 Å². The zero-order chi connectivity index (χ0) is 14.7. The molecule has 102 valence electrons. The van der Waals surface area contributed by atoms with Gasteiger partial charge in [0.05, 0.1) is 12.1 Å². The molecular formula is C16H14ClNO2. The average molecular weight is 288 g/mol. The zero-order valence-corrected chi connectivity index (χ0v) is 12.1. The molecule has 0 saturated carbocycles. The number of carbonyl (C=O) groups is 2. The minimum absolute atomic E-state index is 0.0356. The van der Waals surface area contributed by atoms with Crippen LogP contribution in [0, 0.1) is 0 Å². The van der Waals surface area contributed by atoms with Gasteiger partial charge in [-0.2, -0.15) is 0 Å². The molecule has 1 aliphatic carbocycles. The normalized spacial score (nSPS) is 16.9. The van der Waals surface area contributed by atoms with Crippen LogP contribution in [-0.4, -0.2) is 17.4 Å². The Morgan fingerprint density at radius 3 is 2.40 bits per heavy atom. The van der Waals surface area contributed by atoms with Crippen LogP contribution >= 0.6 is 11.6 Å². The number of allylic oxidation sites excluding steroid dienone is 4. The van der Waals surface area contributed by atoms with Crippen LogP contribution in [0.3, 0.4) is 0 Å². The highest BCUT2D eigenvalue weighted by molar-refractivity contribution is 6.30. The van der Waals surface area contributed by atoms with Gasteiger partial charge in [-0.25, -0.2) is 4.99 Å². The van der Waals surface area contributed by atoms with Gasteiger partial charge in [0.1, 0.15) is 0 Å². The van der Waals surface area contributed by atoms with Gasteiger partial charge in [0.15, 0.2) is 5.78 Å². The molecule has 0 fully saturated rings. The first-order chi connectivity index (χ1) is 9.47. The number of benzene rings is 1. The predicted octanol–water partition coefficient (Wildman–Crippen LogP) is 3.33. The van der Waals surface area contributed by atoms with Crippen molar-refractivity contribution in [1.82, 2.24) is 0 Å². The number of amides is 1. The Balaban J connectivity index is 2.15. The Labute approximate surface area is 122 Å². The zero-order valence-electron chi connectivity index (χ0n) is 11.3. The summed E-state index contributed by atoms with van der Waals surface area (Å²) in [6.07, 6.45) is 3.25. The van der Waals surface area contributed by atoms with Crippen molar-refractivity contribution in [2.45, 2.75) is 20.3 Å². The van der Waals surface area contributed by atoms with Gasteiger partial charge >= 0.3 is 0 Å². The van der Waals surface area contributed by atoms with Crippen molar-refractivity contribution >= 4 is 29.0 Å². The van der Waals surface area contributed by atoms with Gasteiger partial charge in [0, 0.05) is 10.6 Å². The van der Waals surface area contributed by atoms with Crippen LogP contribution in [0.4, 0.5) is 0 Å². The molecule has 0 aliphatic heterocycles. The van der Waals surface area contributed by atoms with Crippen LogP contribution in [0.2, 0.25) is 5.02 Å². The molecule has 4 heteroatoms. The standard InChI is InChI=1S/C16H14ClNO2/c1-10-11(2)15(19)8-7-14(10)18-16(20)9-12-3-5-13(17)6-4-12/h3-8H,9H2,1-2H3. The lowest BCUT2D eigenvalue weighted by molar-refractivity contribution is -0.117. The largest absolute Gasteiger partial charge is 0.290 e. The van der Waals surface area contributed by atoms with Crippen molar-refractivity contribution < 1.29 is 9.59 Å². The molecule has 20 heavy (non-hydrogen) atoms. The van der Waals surface area contributed by atoms with E-state index in [1.54, 1.807) is 44.2 Å². The lowest BCUT2D eigenvalue weighted by atomic mass is 9.97. The maximum absolute atomic E-state index is 11.9. The minimum Gasteiger partial charge on any atom is -0.290 e. The van der Waals surface area contributed by atoms with E-state index in [4.69, 9.17) is 11.6 Å². The van der Waals surface area contributed by atoms with E-state index in [-0.39, 0.29) is 18.1 Å². The first-order valence-corrected chi connectivity index (χ1v) is 6.61. The molecule has 1 aromatic carbocycles. The number of nitrogens with zero attached hydrogens (tertiary/aromatic N) is 1. The molecule has 0 unspecified atom stereocenters. The lowest BCUT2D eigenvalue weighted by Gasteiger charge is -2.10. The molecule has 1 aliphatic rings. The molecule has 1 aromatic rings. The number of rotatable bonds is 2. The predicted molar refractivity (Wildman–Crippen MR) is 80.1 cm³/mol. The van der Waals surface area contributed by atoms with Crippen LogP contribution < -0.4 is 0 Å². The van der Waals surface area contributed by atoms with Gasteiger partial charge in [-0.15, -0.1) is 0 Å². The Morgan fingerprint density at radius 2 is 1.75 bits per heavy atom. The topological polar surface area (TPSA) is 46.5 Å². The fourth-order valence-corrected chi connectivity index (χ4v) is 1.98. The second kappa shape index (κ2) is 5.97. The summed E-state index contributed by atoms with van der Waals surface area (Å²) in [5, 5.41) is 0.635.